The molecule has 0 radical (unpaired) electrons. The summed E-state index contributed by atoms with van der Waals surface area (Å²) in [5.74, 6) is 0.923. The lowest BCUT2D eigenvalue weighted by Crippen LogP contribution is -1.85. The summed E-state index contributed by atoms with van der Waals surface area (Å²) in [6, 6.07) is 8.94. The highest BCUT2D eigenvalue weighted by atomic mass is 32.1. The van der Waals surface area contributed by atoms with Crippen LogP contribution in [0.4, 0.5) is 0 Å². The maximum Gasteiger partial charge on any atom is -0.00632 e. The summed E-state index contributed by atoms with van der Waals surface area (Å²) in [6.07, 6.45) is 12.0. The maximum absolute atomic E-state index is 4.19. The van der Waals surface area contributed by atoms with Gasteiger partial charge in [-0.15, -0.1) is 0 Å². The standard InChI is InChI=1S/C16H24S/c1-2-3-4-5-8-15-10-12-16(13-11-15)9-6-7-14-17/h6,9-13,17H,2-5,7-8,14H2,1H3. The van der Waals surface area contributed by atoms with Gasteiger partial charge in [-0.2, -0.15) is 12.6 Å². The van der Waals surface area contributed by atoms with Gasteiger partial charge in [-0.1, -0.05) is 62.6 Å². The fourth-order valence-electron chi connectivity index (χ4n) is 1.85. The van der Waals surface area contributed by atoms with Crippen LogP contribution < -0.4 is 0 Å². The molecule has 0 N–H and O–H groups in total. The predicted molar refractivity (Wildman–Crippen MR) is 81.8 cm³/mol. The van der Waals surface area contributed by atoms with E-state index in [1.807, 2.05) is 0 Å². The molecule has 1 rings (SSSR count). The first-order valence-electron chi connectivity index (χ1n) is 6.73. The highest BCUT2D eigenvalue weighted by Gasteiger charge is 1.93. The average Bonchev–Trinajstić information content (AvgIpc) is 2.37. The van der Waals surface area contributed by atoms with Crippen LogP contribution in [-0.4, -0.2) is 5.75 Å². The molecule has 0 atom stereocenters. The fraction of sp³-hybridized carbons (Fsp3) is 0.500. The van der Waals surface area contributed by atoms with E-state index in [-0.39, 0.29) is 0 Å². The first kappa shape index (κ1) is 14.4. The Morgan fingerprint density at radius 2 is 1.82 bits per heavy atom. The fourth-order valence-corrected chi connectivity index (χ4v) is 1.99. The van der Waals surface area contributed by atoms with Gasteiger partial charge in [-0.05, 0) is 36.1 Å². The van der Waals surface area contributed by atoms with Crippen LogP contribution in [0.2, 0.25) is 0 Å². The second-order valence-electron chi connectivity index (χ2n) is 4.47. The van der Waals surface area contributed by atoms with Gasteiger partial charge in [0.25, 0.3) is 0 Å². The zero-order chi connectivity index (χ0) is 12.3. The van der Waals surface area contributed by atoms with Gasteiger partial charge in [-0.3, -0.25) is 0 Å². The molecule has 0 nitrogen and oxygen atoms in total. The monoisotopic (exact) mass is 248 g/mol. The molecule has 0 spiro atoms. The molecule has 17 heavy (non-hydrogen) atoms. The lowest BCUT2D eigenvalue weighted by Gasteiger charge is -2.01. The van der Waals surface area contributed by atoms with Crippen molar-refractivity contribution in [1.82, 2.24) is 0 Å². The summed E-state index contributed by atoms with van der Waals surface area (Å²) >= 11 is 4.19. The van der Waals surface area contributed by atoms with Crippen LogP contribution >= 0.6 is 12.6 Å². The highest BCUT2D eigenvalue weighted by Crippen LogP contribution is 2.11. The first-order chi connectivity index (χ1) is 8.36. The molecule has 1 aromatic carbocycles. The Kier molecular flexibility index (Phi) is 7.91. The zero-order valence-corrected chi connectivity index (χ0v) is 11.8. The third-order valence-electron chi connectivity index (χ3n) is 2.90. The third-order valence-corrected chi connectivity index (χ3v) is 3.16. The Hall–Kier alpha value is -0.690. The molecule has 0 bridgehead atoms. The van der Waals surface area contributed by atoms with Crippen molar-refractivity contribution in [2.24, 2.45) is 0 Å². The Morgan fingerprint density at radius 3 is 2.47 bits per heavy atom. The summed E-state index contributed by atoms with van der Waals surface area (Å²) in [4.78, 5) is 0. The topological polar surface area (TPSA) is 0 Å². The van der Waals surface area contributed by atoms with E-state index >= 15 is 0 Å². The van der Waals surface area contributed by atoms with E-state index in [0.717, 1.165) is 12.2 Å². The predicted octanol–water partition coefficient (Wildman–Crippen LogP) is 5.14. The van der Waals surface area contributed by atoms with E-state index in [4.69, 9.17) is 0 Å². The number of rotatable bonds is 8. The molecule has 0 amide bonds. The number of hydrogen-bond acceptors (Lipinski definition) is 1. The van der Waals surface area contributed by atoms with Gasteiger partial charge in [0.1, 0.15) is 0 Å². The molecule has 0 saturated heterocycles. The molecule has 0 unspecified atom stereocenters. The normalized spacial score (nSPS) is 11.2. The van der Waals surface area contributed by atoms with Crippen molar-refractivity contribution in [3.8, 4) is 0 Å². The minimum Gasteiger partial charge on any atom is -0.179 e. The number of allylic oxidation sites excluding steroid dienone is 1. The molecule has 0 aliphatic rings. The second kappa shape index (κ2) is 9.35. The van der Waals surface area contributed by atoms with Crippen LogP contribution in [0.3, 0.4) is 0 Å². The Bertz CT molecular complexity index is 311. The quantitative estimate of drug-likeness (QED) is 0.478. The van der Waals surface area contributed by atoms with E-state index in [1.165, 1.54) is 43.2 Å². The molecule has 0 aliphatic heterocycles. The van der Waals surface area contributed by atoms with Crippen LogP contribution in [0.25, 0.3) is 6.08 Å². The number of benzene rings is 1. The van der Waals surface area contributed by atoms with Crippen LogP contribution in [0.5, 0.6) is 0 Å². The minimum atomic E-state index is 0.923. The van der Waals surface area contributed by atoms with Crippen LogP contribution in [0, 0.1) is 0 Å². The van der Waals surface area contributed by atoms with Gasteiger partial charge < -0.3 is 0 Å². The van der Waals surface area contributed by atoms with E-state index in [1.54, 1.807) is 0 Å². The lowest BCUT2D eigenvalue weighted by atomic mass is 10.0. The summed E-state index contributed by atoms with van der Waals surface area (Å²) < 4.78 is 0. The van der Waals surface area contributed by atoms with Crippen LogP contribution in [0.15, 0.2) is 30.3 Å². The van der Waals surface area contributed by atoms with Crippen molar-refractivity contribution in [2.75, 3.05) is 5.75 Å². The molecule has 0 fully saturated rings. The zero-order valence-electron chi connectivity index (χ0n) is 10.9. The van der Waals surface area contributed by atoms with Gasteiger partial charge in [0.05, 0.1) is 0 Å². The van der Waals surface area contributed by atoms with E-state index < -0.39 is 0 Å². The van der Waals surface area contributed by atoms with Crippen molar-refractivity contribution in [3.05, 3.63) is 41.5 Å². The Morgan fingerprint density at radius 1 is 1.06 bits per heavy atom. The van der Waals surface area contributed by atoms with E-state index in [0.29, 0.717) is 0 Å². The van der Waals surface area contributed by atoms with Crippen LogP contribution in [0.1, 0.15) is 50.2 Å². The van der Waals surface area contributed by atoms with Crippen molar-refractivity contribution in [1.29, 1.82) is 0 Å². The van der Waals surface area contributed by atoms with E-state index in [9.17, 15) is 0 Å². The van der Waals surface area contributed by atoms with Gasteiger partial charge in [-0.25, -0.2) is 0 Å². The molecule has 0 aliphatic carbocycles. The van der Waals surface area contributed by atoms with Crippen molar-refractivity contribution >= 4 is 18.7 Å². The molecule has 0 heterocycles. The van der Waals surface area contributed by atoms with Gasteiger partial charge in [0, 0.05) is 0 Å². The van der Waals surface area contributed by atoms with E-state index in [2.05, 4.69) is 56.0 Å². The van der Waals surface area contributed by atoms with Gasteiger partial charge in [0.15, 0.2) is 0 Å². The third kappa shape index (κ3) is 6.58. The minimum absolute atomic E-state index is 0.923. The lowest BCUT2D eigenvalue weighted by molar-refractivity contribution is 0.667. The smallest absolute Gasteiger partial charge is 0.00632 e. The molecule has 0 aromatic heterocycles. The number of thiol groups is 1. The summed E-state index contributed by atoms with van der Waals surface area (Å²) in [5, 5.41) is 0. The number of unbranched alkanes of at least 4 members (excludes halogenated alkanes) is 3. The van der Waals surface area contributed by atoms with Crippen molar-refractivity contribution in [3.63, 3.8) is 0 Å². The maximum atomic E-state index is 4.19. The van der Waals surface area contributed by atoms with Gasteiger partial charge in [0.2, 0.25) is 0 Å². The van der Waals surface area contributed by atoms with Crippen molar-refractivity contribution < 1.29 is 0 Å². The molecular weight excluding hydrogens is 224 g/mol. The summed E-state index contributed by atoms with van der Waals surface area (Å²) in [5.41, 5.74) is 2.76. The number of hydrogen-bond donors (Lipinski definition) is 1. The summed E-state index contributed by atoms with van der Waals surface area (Å²) in [7, 11) is 0. The largest absolute Gasteiger partial charge is 0.179 e. The molecule has 1 aromatic rings. The highest BCUT2D eigenvalue weighted by molar-refractivity contribution is 7.80. The SMILES string of the molecule is CCCCCCc1ccc(C=CCCS)cc1. The number of aryl methyl sites for hydroxylation is 1. The Labute approximate surface area is 112 Å². The van der Waals surface area contributed by atoms with Gasteiger partial charge >= 0.3 is 0 Å². The molecule has 0 saturated carbocycles. The van der Waals surface area contributed by atoms with Crippen molar-refractivity contribution in [2.45, 2.75) is 45.4 Å². The average molecular weight is 248 g/mol. The Balaban J connectivity index is 2.34. The molecular formula is C16H24S. The molecule has 94 valence electrons. The summed E-state index contributed by atoms with van der Waals surface area (Å²) in [6.45, 7) is 2.26. The van der Waals surface area contributed by atoms with Crippen LogP contribution in [-0.2, 0) is 6.42 Å². The second-order valence-corrected chi connectivity index (χ2v) is 4.91. The first-order valence-corrected chi connectivity index (χ1v) is 7.36. The molecule has 1 heteroatoms.